The molecule has 0 amide bonds. The number of carbonyl (C=O) groups is 2. The van der Waals surface area contributed by atoms with E-state index in [-0.39, 0.29) is 19.8 Å². The van der Waals surface area contributed by atoms with Crippen molar-refractivity contribution in [3.8, 4) is 0 Å². The highest BCUT2D eigenvalue weighted by Crippen LogP contribution is 2.59. The summed E-state index contributed by atoms with van der Waals surface area (Å²) in [5.74, 6) is -3.12. The Morgan fingerprint density at radius 2 is 1.60 bits per heavy atom. The van der Waals surface area contributed by atoms with Crippen LogP contribution in [0, 0.1) is 23.7 Å². The maximum Gasteiger partial charge on any atom is 0.376 e. The second-order valence-corrected chi connectivity index (χ2v) is 8.04. The van der Waals surface area contributed by atoms with Crippen molar-refractivity contribution in [2.24, 2.45) is 23.7 Å². The molecule has 0 aliphatic heterocycles. The fraction of sp³-hybridized carbons (Fsp3) is 0.889. The summed E-state index contributed by atoms with van der Waals surface area (Å²) in [7, 11) is 0. The normalized spacial score (nSPS) is 36.3. The second kappa shape index (κ2) is 6.82. The van der Waals surface area contributed by atoms with Crippen molar-refractivity contribution in [3.63, 3.8) is 0 Å². The highest BCUT2D eigenvalue weighted by Gasteiger charge is 2.57. The molecule has 4 aliphatic carbocycles. The highest BCUT2D eigenvalue weighted by atomic mass is 19.3. The van der Waals surface area contributed by atoms with Crippen LogP contribution < -0.4 is 0 Å². The van der Waals surface area contributed by atoms with E-state index in [2.05, 4.69) is 4.74 Å². The minimum absolute atomic E-state index is 0.120. The molecule has 7 heteroatoms. The molecule has 0 aromatic carbocycles. The third kappa shape index (κ3) is 3.96. The van der Waals surface area contributed by atoms with Gasteiger partial charge in [0.15, 0.2) is 0 Å². The van der Waals surface area contributed by atoms with Crippen LogP contribution in [0.3, 0.4) is 0 Å². The van der Waals surface area contributed by atoms with Crippen LogP contribution in [0.1, 0.15) is 46.0 Å². The second-order valence-electron chi connectivity index (χ2n) is 8.04. The molecule has 0 atom stereocenters. The van der Waals surface area contributed by atoms with E-state index in [0.717, 1.165) is 37.5 Å². The molecule has 0 N–H and O–H groups in total. The number of ether oxygens (including phenoxy) is 3. The minimum atomic E-state index is -3.52. The Morgan fingerprint density at radius 3 is 2.12 bits per heavy atom. The van der Waals surface area contributed by atoms with Gasteiger partial charge >= 0.3 is 17.9 Å². The lowest BCUT2D eigenvalue weighted by molar-refractivity contribution is -0.207. The Hall–Kier alpha value is -1.24. The van der Waals surface area contributed by atoms with Gasteiger partial charge in [-0.1, -0.05) is 0 Å². The van der Waals surface area contributed by atoms with Crippen molar-refractivity contribution in [3.05, 3.63) is 0 Å². The predicted molar refractivity (Wildman–Crippen MR) is 83.9 cm³/mol. The Labute approximate surface area is 146 Å². The lowest BCUT2D eigenvalue weighted by Crippen LogP contribution is -2.58. The number of esters is 2. The van der Waals surface area contributed by atoms with Crippen molar-refractivity contribution >= 4 is 11.9 Å². The largest absolute Gasteiger partial charge is 0.459 e. The number of halogens is 2. The molecule has 0 unspecified atom stereocenters. The third-order valence-electron chi connectivity index (χ3n) is 6.13. The smallest absolute Gasteiger partial charge is 0.376 e. The molecule has 0 radical (unpaired) electrons. The SMILES string of the molecule is CC(F)(F)C(=O)OCCOCC(=O)OC1(C)C2CC3CC(C2)CC1C3. The maximum atomic E-state index is 12.6. The molecule has 0 heterocycles. The van der Waals surface area contributed by atoms with E-state index in [4.69, 9.17) is 9.47 Å². The van der Waals surface area contributed by atoms with Crippen molar-refractivity contribution in [2.45, 2.75) is 57.5 Å². The number of carbonyl (C=O) groups excluding carboxylic acids is 2. The molecule has 4 fully saturated rings. The van der Waals surface area contributed by atoms with Crippen LogP contribution in [0.25, 0.3) is 0 Å². The summed E-state index contributed by atoms with van der Waals surface area (Å²) < 4.78 is 40.5. The first kappa shape index (κ1) is 18.5. The van der Waals surface area contributed by atoms with Crippen LogP contribution in [-0.2, 0) is 23.8 Å². The number of alkyl halides is 2. The summed E-state index contributed by atoms with van der Waals surface area (Å²) in [4.78, 5) is 23.0. The molecular formula is C18H26F2O5. The van der Waals surface area contributed by atoms with Crippen molar-refractivity contribution in [2.75, 3.05) is 19.8 Å². The van der Waals surface area contributed by atoms with Gasteiger partial charge in [-0.05, 0) is 62.7 Å². The first-order chi connectivity index (χ1) is 11.7. The maximum absolute atomic E-state index is 12.6. The molecule has 142 valence electrons. The lowest BCUT2D eigenvalue weighted by atomic mass is 9.50. The Bertz CT molecular complexity index is 500. The molecule has 0 spiro atoms. The third-order valence-corrected chi connectivity index (χ3v) is 6.13. The first-order valence-corrected chi connectivity index (χ1v) is 9.03. The zero-order valence-electron chi connectivity index (χ0n) is 14.8. The van der Waals surface area contributed by atoms with Crippen LogP contribution in [0.5, 0.6) is 0 Å². The fourth-order valence-electron chi connectivity index (χ4n) is 5.04. The average Bonchev–Trinajstić information content (AvgIpc) is 2.50. The first-order valence-electron chi connectivity index (χ1n) is 9.03. The van der Waals surface area contributed by atoms with Crippen LogP contribution in [-0.4, -0.2) is 43.3 Å². The predicted octanol–water partition coefficient (Wildman–Crippen LogP) is 2.96. The van der Waals surface area contributed by atoms with E-state index < -0.39 is 23.5 Å². The minimum Gasteiger partial charge on any atom is -0.459 e. The molecule has 4 rings (SSSR count). The van der Waals surface area contributed by atoms with E-state index in [1.807, 2.05) is 6.92 Å². The Balaban J connectivity index is 1.39. The lowest BCUT2D eigenvalue weighted by Gasteiger charge is -2.59. The molecule has 4 bridgehead atoms. The van der Waals surface area contributed by atoms with E-state index >= 15 is 0 Å². The summed E-state index contributed by atoms with van der Waals surface area (Å²) in [6.45, 7) is 1.82. The summed E-state index contributed by atoms with van der Waals surface area (Å²) >= 11 is 0. The van der Waals surface area contributed by atoms with Crippen LogP contribution in [0.2, 0.25) is 0 Å². The number of hydrogen-bond donors (Lipinski definition) is 0. The van der Waals surface area contributed by atoms with Gasteiger partial charge in [0.05, 0.1) is 6.61 Å². The van der Waals surface area contributed by atoms with Gasteiger partial charge in [-0.2, -0.15) is 8.78 Å². The standard InChI is InChI=1S/C18H26F2O5/c1-17(13-6-11-5-12(8-13)9-14(17)7-11)25-15(21)10-23-3-4-24-16(22)18(2,19)20/h11-14H,3-10H2,1-2H3. The Kier molecular flexibility index (Phi) is 5.06. The van der Waals surface area contributed by atoms with Gasteiger partial charge in [0.2, 0.25) is 0 Å². The Morgan fingerprint density at radius 1 is 1.04 bits per heavy atom. The van der Waals surface area contributed by atoms with E-state index in [9.17, 15) is 18.4 Å². The van der Waals surface area contributed by atoms with Gasteiger partial charge < -0.3 is 14.2 Å². The molecular weight excluding hydrogens is 334 g/mol. The van der Waals surface area contributed by atoms with E-state index in [1.165, 1.54) is 6.42 Å². The van der Waals surface area contributed by atoms with Gasteiger partial charge in [0.1, 0.15) is 18.8 Å². The van der Waals surface area contributed by atoms with Gasteiger partial charge in [0, 0.05) is 6.92 Å². The van der Waals surface area contributed by atoms with Crippen molar-refractivity contribution < 1.29 is 32.6 Å². The van der Waals surface area contributed by atoms with Gasteiger partial charge in [-0.3, -0.25) is 0 Å². The summed E-state index contributed by atoms with van der Waals surface area (Å²) in [5, 5.41) is 0. The van der Waals surface area contributed by atoms with Gasteiger partial charge in [-0.15, -0.1) is 0 Å². The van der Waals surface area contributed by atoms with E-state index in [0.29, 0.717) is 18.8 Å². The number of hydrogen-bond acceptors (Lipinski definition) is 5. The van der Waals surface area contributed by atoms with Crippen molar-refractivity contribution in [1.82, 2.24) is 0 Å². The average molecular weight is 360 g/mol. The van der Waals surface area contributed by atoms with E-state index in [1.54, 1.807) is 0 Å². The summed E-state index contributed by atoms with van der Waals surface area (Å²) in [5.41, 5.74) is -0.412. The van der Waals surface area contributed by atoms with Gasteiger partial charge in [0.25, 0.3) is 0 Å². The fourth-order valence-corrected chi connectivity index (χ4v) is 5.04. The molecule has 5 nitrogen and oxygen atoms in total. The monoisotopic (exact) mass is 360 g/mol. The van der Waals surface area contributed by atoms with Gasteiger partial charge in [-0.25, -0.2) is 9.59 Å². The molecule has 25 heavy (non-hydrogen) atoms. The quantitative estimate of drug-likeness (QED) is 0.516. The highest BCUT2D eigenvalue weighted by molar-refractivity contribution is 5.76. The number of rotatable bonds is 7. The summed E-state index contributed by atoms with van der Waals surface area (Å²) in [6, 6.07) is 0. The molecule has 0 saturated heterocycles. The summed E-state index contributed by atoms with van der Waals surface area (Å²) in [6.07, 6.45) is 5.88. The topological polar surface area (TPSA) is 61.8 Å². The molecule has 0 aromatic rings. The van der Waals surface area contributed by atoms with Crippen molar-refractivity contribution in [1.29, 1.82) is 0 Å². The van der Waals surface area contributed by atoms with Crippen LogP contribution in [0.4, 0.5) is 8.78 Å². The molecule has 0 aromatic heterocycles. The zero-order valence-corrected chi connectivity index (χ0v) is 14.8. The molecule has 4 aliphatic rings. The molecule has 4 saturated carbocycles. The zero-order chi connectivity index (χ0) is 18.2. The van der Waals surface area contributed by atoms with Crippen LogP contribution >= 0.6 is 0 Å². The van der Waals surface area contributed by atoms with Crippen LogP contribution in [0.15, 0.2) is 0 Å².